The van der Waals surface area contributed by atoms with Crippen LogP contribution in [-0.2, 0) is 4.79 Å². The van der Waals surface area contributed by atoms with Crippen LogP contribution >= 0.6 is 0 Å². The van der Waals surface area contributed by atoms with Crippen LogP contribution in [0.4, 0.5) is 5.69 Å². The Balaban J connectivity index is 2.02. The summed E-state index contributed by atoms with van der Waals surface area (Å²) in [5.74, 6) is 0.676. The molecule has 0 bridgehead atoms. The van der Waals surface area contributed by atoms with Gasteiger partial charge in [-0.1, -0.05) is 12.1 Å². The Bertz CT molecular complexity index is 442. The van der Waals surface area contributed by atoms with Gasteiger partial charge in [0, 0.05) is 0 Å². The highest BCUT2D eigenvalue weighted by atomic mass is 16.5. The number of nitrogens with two attached hydrogens (primary N) is 1. The summed E-state index contributed by atoms with van der Waals surface area (Å²) < 4.78 is 5.39. The molecule has 5 nitrogen and oxygen atoms in total. The average molecular weight is 264 g/mol. The van der Waals surface area contributed by atoms with Gasteiger partial charge in [0.05, 0.1) is 39.0 Å². The normalized spacial score (nSPS) is 18.1. The van der Waals surface area contributed by atoms with Gasteiger partial charge >= 0.3 is 0 Å². The molecule has 1 saturated heterocycles. The van der Waals surface area contributed by atoms with Crippen molar-refractivity contribution in [3.63, 3.8) is 0 Å². The third-order valence-electron chi connectivity index (χ3n) is 3.87. The molecular weight excluding hydrogens is 242 g/mol. The van der Waals surface area contributed by atoms with E-state index in [1.54, 1.807) is 7.11 Å². The van der Waals surface area contributed by atoms with E-state index in [0.29, 0.717) is 0 Å². The molecule has 1 aromatic carbocycles. The molecule has 0 aromatic heterocycles. The molecule has 104 valence electrons. The summed E-state index contributed by atoms with van der Waals surface area (Å²) >= 11 is 0. The molecule has 0 spiro atoms. The van der Waals surface area contributed by atoms with Crippen molar-refractivity contribution in [2.45, 2.75) is 13.0 Å². The van der Waals surface area contributed by atoms with Gasteiger partial charge in [-0.05, 0) is 19.1 Å². The second kappa shape index (κ2) is 5.93. The van der Waals surface area contributed by atoms with Crippen LogP contribution in [0.3, 0.4) is 0 Å². The van der Waals surface area contributed by atoms with E-state index in [1.165, 1.54) is 4.90 Å². The molecule has 1 heterocycles. The molecule has 1 fully saturated rings. The zero-order valence-electron chi connectivity index (χ0n) is 11.6. The minimum atomic E-state index is -0.222. The molecule has 0 unspecified atom stereocenters. The van der Waals surface area contributed by atoms with E-state index in [4.69, 9.17) is 10.5 Å². The molecule has 0 saturated carbocycles. The Labute approximate surface area is 113 Å². The number of piperazine rings is 1. The summed E-state index contributed by atoms with van der Waals surface area (Å²) in [6.45, 7) is 5.56. The van der Waals surface area contributed by atoms with Gasteiger partial charge in [0.1, 0.15) is 5.75 Å². The van der Waals surface area contributed by atoms with Crippen molar-refractivity contribution in [1.82, 2.24) is 0 Å². The topological polar surface area (TPSA) is 60.0 Å². The van der Waals surface area contributed by atoms with Crippen LogP contribution in [0, 0.1) is 0 Å². The molecule has 5 heteroatoms. The van der Waals surface area contributed by atoms with Gasteiger partial charge in [-0.25, -0.2) is 0 Å². The first-order valence-electron chi connectivity index (χ1n) is 6.65. The van der Waals surface area contributed by atoms with Crippen molar-refractivity contribution in [3.05, 3.63) is 24.3 Å². The van der Waals surface area contributed by atoms with Gasteiger partial charge in [0.25, 0.3) is 5.91 Å². The van der Waals surface area contributed by atoms with Crippen molar-refractivity contribution in [3.8, 4) is 5.75 Å². The van der Waals surface area contributed by atoms with Gasteiger partial charge in [0.15, 0.2) is 6.04 Å². The molecule has 19 heavy (non-hydrogen) atoms. The number of benzene rings is 1. The monoisotopic (exact) mass is 264 g/mol. The highest BCUT2D eigenvalue weighted by Gasteiger charge is 2.28. The van der Waals surface area contributed by atoms with Gasteiger partial charge in [-0.3, -0.25) is 4.79 Å². The number of methoxy groups -OCH3 is 1. The Morgan fingerprint density at radius 2 is 2.00 bits per heavy atom. The summed E-state index contributed by atoms with van der Waals surface area (Å²) in [6.07, 6.45) is 0. The van der Waals surface area contributed by atoms with Gasteiger partial charge in [0.2, 0.25) is 0 Å². The van der Waals surface area contributed by atoms with Crippen LogP contribution < -0.4 is 20.3 Å². The lowest BCUT2D eigenvalue weighted by Gasteiger charge is -2.36. The largest absolute Gasteiger partial charge is 0.495 e. The number of carbonyl (C=O) groups is 1. The van der Waals surface area contributed by atoms with Crippen molar-refractivity contribution < 1.29 is 14.4 Å². The van der Waals surface area contributed by atoms with E-state index in [1.807, 2.05) is 25.1 Å². The summed E-state index contributed by atoms with van der Waals surface area (Å²) in [7, 11) is 1.69. The zero-order chi connectivity index (χ0) is 13.8. The fourth-order valence-electron chi connectivity index (χ4n) is 2.56. The lowest BCUT2D eigenvalue weighted by molar-refractivity contribution is -0.914. The van der Waals surface area contributed by atoms with Crippen LogP contribution in [0.15, 0.2) is 24.3 Å². The van der Waals surface area contributed by atoms with Crippen LogP contribution in [0.2, 0.25) is 0 Å². The molecule has 3 N–H and O–H groups in total. The van der Waals surface area contributed by atoms with E-state index in [9.17, 15) is 4.79 Å². The number of nitrogens with one attached hydrogen (secondary N) is 1. The molecule has 1 amide bonds. The summed E-state index contributed by atoms with van der Waals surface area (Å²) in [6, 6.07) is 7.92. The number of hydrogen-bond acceptors (Lipinski definition) is 3. The minimum Gasteiger partial charge on any atom is -0.495 e. The van der Waals surface area contributed by atoms with Crippen LogP contribution in [0.25, 0.3) is 0 Å². The van der Waals surface area contributed by atoms with Crippen molar-refractivity contribution in [2.75, 3.05) is 38.2 Å². The number of hydrogen-bond donors (Lipinski definition) is 2. The molecule has 1 aromatic rings. The molecule has 2 rings (SSSR count). The number of rotatable bonds is 4. The van der Waals surface area contributed by atoms with E-state index in [-0.39, 0.29) is 11.9 Å². The van der Waals surface area contributed by atoms with E-state index in [0.717, 1.165) is 37.6 Å². The van der Waals surface area contributed by atoms with Gasteiger partial charge < -0.3 is 20.3 Å². The summed E-state index contributed by atoms with van der Waals surface area (Å²) in [4.78, 5) is 14.8. The maximum Gasteiger partial charge on any atom is 0.275 e. The van der Waals surface area contributed by atoms with Crippen molar-refractivity contribution in [1.29, 1.82) is 0 Å². The first-order valence-corrected chi connectivity index (χ1v) is 6.65. The Kier molecular flexibility index (Phi) is 4.27. The highest BCUT2D eigenvalue weighted by molar-refractivity contribution is 5.77. The van der Waals surface area contributed by atoms with Crippen molar-refractivity contribution in [2.24, 2.45) is 5.73 Å². The zero-order valence-corrected chi connectivity index (χ0v) is 11.6. The van der Waals surface area contributed by atoms with Gasteiger partial charge in [-0.15, -0.1) is 0 Å². The quantitative estimate of drug-likeness (QED) is 0.754. The second-order valence-corrected chi connectivity index (χ2v) is 4.94. The SMILES string of the molecule is COc1ccccc1N1CC[NH+]([C@@H](C)C(N)=O)CC1. The van der Waals surface area contributed by atoms with E-state index < -0.39 is 0 Å². The third kappa shape index (κ3) is 2.98. The Morgan fingerprint density at radius 3 is 2.58 bits per heavy atom. The first kappa shape index (κ1) is 13.7. The number of quaternary nitrogens is 1. The standard InChI is InChI=1S/C14H21N3O2/c1-11(14(15)18)16-7-9-17(10-8-16)12-5-3-4-6-13(12)19-2/h3-6,11H,7-10H2,1-2H3,(H2,15,18)/p+1/t11-/m0/s1. The van der Waals surface area contributed by atoms with Gasteiger partial charge in [-0.2, -0.15) is 0 Å². The predicted octanol–water partition coefficient (Wildman–Crippen LogP) is -0.726. The number of ether oxygens (including phenoxy) is 1. The molecule has 1 aliphatic heterocycles. The third-order valence-corrected chi connectivity index (χ3v) is 3.87. The lowest BCUT2D eigenvalue weighted by Crippen LogP contribution is -3.19. The fraction of sp³-hybridized carbons (Fsp3) is 0.500. The molecule has 1 aliphatic rings. The number of anilines is 1. The highest BCUT2D eigenvalue weighted by Crippen LogP contribution is 2.27. The fourth-order valence-corrected chi connectivity index (χ4v) is 2.56. The number of carbonyl (C=O) groups excluding carboxylic acids is 1. The number of amides is 1. The minimum absolute atomic E-state index is 0.111. The molecule has 1 atom stereocenters. The maximum atomic E-state index is 11.2. The average Bonchev–Trinajstić information content (AvgIpc) is 2.46. The predicted molar refractivity (Wildman–Crippen MR) is 74.6 cm³/mol. The first-order chi connectivity index (χ1) is 9.13. The van der Waals surface area contributed by atoms with Crippen LogP contribution in [0.1, 0.15) is 6.92 Å². The summed E-state index contributed by atoms with van der Waals surface area (Å²) in [5, 5.41) is 0. The Morgan fingerprint density at radius 1 is 1.37 bits per heavy atom. The van der Waals surface area contributed by atoms with E-state index >= 15 is 0 Å². The number of para-hydroxylation sites is 2. The lowest BCUT2D eigenvalue weighted by atomic mass is 10.2. The van der Waals surface area contributed by atoms with Crippen LogP contribution in [0.5, 0.6) is 5.75 Å². The second-order valence-electron chi connectivity index (χ2n) is 4.94. The number of nitrogens with zero attached hydrogens (tertiary/aromatic N) is 1. The van der Waals surface area contributed by atoms with Crippen LogP contribution in [-0.4, -0.2) is 45.2 Å². The molecule has 0 radical (unpaired) electrons. The van der Waals surface area contributed by atoms with E-state index in [2.05, 4.69) is 11.0 Å². The molecule has 0 aliphatic carbocycles. The Hall–Kier alpha value is -1.75. The molecular formula is C14H22N3O2+. The smallest absolute Gasteiger partial charge is 0.275 e. The number of primary amides is 1. The summed E-state index contributed by atoms with van der Waals surface area (Å²) in [5.41, 5.74) is 6.49. The maximum absolute atomic E-state index is 11.2. The van der Waals surface area contributed by atoms with Crippen molar-refractivity contribution >= 4 is 11.6 Å².